The average Bonchev–Trinajstić information content (AvgIpc) is 2.09. The normalized spacial score (nSPS) is 10.2. The first-order chi connectivity index (χ1) is 6.43. The molecule has 0 saturated carbocycles. The highest BCUT2D eigenvalue weighted by Crippen LogP contribution is 1.95. The first-order valence-electron chi connectivity index (χ1n) is 3.34. The summed E-state index contributed by atoms with van der Waals surface area (Å²) in [5.74, 6) is -0.974. The SMILES string of the molecule is C/C(=C\NC(N)=O)C(=O)OOC(N)=O. The first-order valence-corrected chi connectivity index (χ1v) is 3.34. The third kappa shape index (κ3) is 5.41. The zero-order chi connectivity index (χ0) is 11.1. The summed E-state index contributed by atoms with van der Waals surface area (Å²) < 4.78 is 0. The van der Waals surface area contributed by atoms with E-state index in [2.05, 4.69) is 15.5 Å². The molecule has 0 aromatic carbocycles. The van der Waals surface area contributed by atoms with Crippen LogP contribution in [0.15, 0.2) is 11.8 Å². The number of primary amides is 2. The van der Waals surface area contributed by atoms with Gasteiger partial charge in [-0.05, 0) is 6.92 Å². The lowest BCUT2D eigenvalue weighted by atomic mass is 10.3. The van der Waals surface area contributed by atoms with E-state index in [1.54, 1.807) is 0 Å². The molecule has 0 aliphatic carbocycles. The van der Waals surface area contributed by atoms with Crippen molar-refractivity contribution in [2.24, 2.45) is 11.5 Å². The Morgan fingerprint density at radius 2 is 1.79 bits per heavy atom. The predicted molar refractivity (Wildman–Crippen MR) is 43.2 cm³/mol. The van der Waals surface area contributed by atoms with Gasteiger partial charge in [-0.3, -0.25) is 0 Å². The van der Waals surface area contributed by atoms with Crippen LogP contribution in [0.3, 0.4) is 0 Å². The molecule has 0 unspecified atom stereocenters. The molecule has 0 rings (SSSR count). The van der Waals surface area contributed by atoms with Gasteiger partial charge in [-0.25, -0.2) is 24.2 Å². The topological polar surface area (TPSA) is 134 Å². The molecule has 0 heterocycles. The molecule has 5 N–H and O–H groups in total. The third-order valence-electron chi connectivity index (χ3n) is 0.952. The third-order valence-corrected chi connectivity index (χ3v) is 0.952. The quantitative estimate of drug-likeness (QED) is 0.304. The highest BCUT2D eigenvalue weighted by atomic mass is 17.2. The number of hydrogen-bond acceptors (Lipinski definition) is 5. The number of amides is 3. The van der Waals surface area contributed by atoms with Gasteiger partial charge in [0.15, 0.2) is 0 Å². The standard InChI is InChI=1S/C6H9N3O5/c1-3(2-9-5(7)11)4(10)13-14-6(8)12/h2H,1H3,(H2,8,12)(H3,7,9,11)/b3-2+. The van der Waals surface area contributed by atoms with Crippen molar-refractivity contribution < 1.29 is 24.2 Å². The largest absolute Gasteiger partial charge is 0.447 e. The van der Waals surface area contributed by atoms with E-state index in [1.165, 1.54) is 6.92 Å². The first kappa shape index (κ1) is 11.8. The summed E-state index contributed by atoms with van der Waals surface area (Å²) in [5.41, 5.74) is 9.20. The van der Waals surface area contributed by atoms with Crippen LogP contribution in [-0.4, -0.2) is 18.1 Å². The highest BCUT2D eigenvalue weighted by Gasteiger charge is 2.09. The van der Waals surface area contributed by atoms with Crippen LogP contribution < -0.4 is 16.8 Å². The lowest BCUT2D eigenvalue weighted by Crippen LogP contribution is -2.25. The minimum Gasteiger partial charge on any atom is -0.351 e. The molecular formula is C6H9N3O5. The van der Waals surface area contributed by atoms with Gasteiger partial charge in [-0.1, -0.05) is 0 Å². The van der Waals surface area contributed by atoms with Gasteiger partial charge >= 0.3 is 18.1 Å². The van der Waals surface area contributed by atoms with E-state index < -0.39 is 18.1 Å². The van der Waals surface area contributed by atoms with Gasteiger partial charge in [0.25, 0.3) is 0 Å². The molecule has 0 aliphatic heterocycles. The molecule has 0 aromatic heterocycles. The average molecular weight is 203 g/mol. The number of nitrogens with one attached hydrogen (secondary N) is 1. The zero-order valence-corrected chi connectivity index (χ0v) is 7.27. The van der Waals surface area contributed by atoms with Crippen LogP contribution in [0.1, 0.15) is 6.92 Å². The number of carbonyl (C=O) groups excluding carboxylic acids is 3. The molecule has 78 valence electrons. The summed E-state index contributed by atoms with van der Waals surface area (Å²) in [7, 11) is 0. The summed E-state index contributed by atoms with van der Waals surface area (Å²) in [6, 6.07) is -0.840. The van der Waals surface area contributed by atoms with E-state index in [4.69, 9.17) is 5.73 Å². The second kappa shape index (κ2) is 5.41. The van der Waals surface area contributed by atoms with Crippen LogP contribution in [0, 0.1) is 0 Å². The number of carbonyl (C=O) groups is 3. The van der Waals surface area contributed by atoms with Gasteiger partial charge in [-0.15, -0.1) is 0 Å². The van der Waals surface area contributed by atoms with Gasteiger partial charge in [0.05, 0.1) is 5.57 Å². The summed E-state index contributed by atoms with van der Waals surface area (Å²) in [6.45, 7) is 1.31. The molecule has 0 spiro atoms. The van der Waals surface area contributed by atoms with Crippen molar-refractivity contribution in [1.82, 2.24) is 5.32 Å². The summed E-state index contributed by atoms with van der Waals surface area (Å²) >= 11 is 0. The van der Waals surface area contributed by atoms with Crippen molar-refractivity contribution in [2.75, 3.05) is 0 Å². The Labute approximate surface area is 78.7 Å². The van der Waals surface area contributed by atoms with Crippen LogP contribution in [0.25, 0.3) is 0 Å². The van der Waals surface area contributed by atoms with Gasteiger partial charge in [0.1, 0.15) is 0 Å². The van der Waals surface area contributed by atoms with Gasteiger partial charge in [-0.2, -0.15) is 0 Å². The van der Waals surface area contributed by atoms with Gasteiger partial charge < -0.3 is 16.8 Å². The van der Waals surface area contributed by atoms with E-state index in [9.17, 15) is 14.4 Å². The fourth-order valence-electron chi connectivity index (χ4n) is 0.383. The Bertz CT molecular complexity index is 285. The highest BCUT2D eigenvalue weighted by molar-refractivity contribution is 5.88. The maximum atomic E-state index is 10.8. The van der Waals surface area contributed by atoms with Crippen LogP contribution in [0.4, 0.5) is 9.59 Å². The van der Waals surface area contributed by atoms with Gasteiger partial charge in [0, 0.05) is 6.20 Å². The summed E-state index contributed by atoms with van der Waals surface area (Å²) in [5, 5.41) is 2.02. The maximum Gasteiger partial charge on any atom is 0.447 e. The van der Waals surface area contributed by atoms with Crippen molar-refractivity contribution in [3.8, 4) is 0 Å². The second-order valence-electron chi connectivity index (χ2n) is 2.11. The monoisotopic (exact) mass is 203 g/mol. The molecule has 0 aliphatic rings. The van der Waals surface area contributed by atoms with E-state index in [0.29, 0.717) is 0 Å². The molecule has 0 aromatic rings. The lowest BCUT2D eigenvalue weighted by Gasteiger charge is -2.00. The van der Waals surface area contributed by atoms with E-state index in [1.807, 2.05) is 5.32 Å². The fourth-order valence-corrected chi connectivity index (χ4v) is 0.383. The van der Waals surface area contributed by atoms with Crippen LogP contribution >= 0.6 is 0 Å². The second-order valence-corrected chi connectivity index (χ2v) is 2.11. The van der Waals surface area contributed by atoms with Crippen molar-refractivity contribution in [1.29, 1.82) is 0 Å². The van der Waals surface area contributed by atoms with E-state index in [0.717, 1.165) is 6.20 Å². The van der Waals surface area contributed by atoms with Crippen molar-refractivity contribution in [2.45, 2.75) is 6.92 Å². The molecule has 3 amide bonds. The van der Waals surface area contributed by atoms with E-state index in [-0.39, 0.29) is 5.57 Å². The number of rotatable bonds is 2. The molecule has 0 saturated heterocycles. The molecule has 0 fully saturated rings. The number of hydrogen-bond donors (Lipinski definition) is 3. The van der Waals surface area contributed by atoms with Crippen LogP contribution in [-0.2, 0) is 14.6 Å². The molecular weight excluding hydrogens is 194 g/mol. The minimum absolute atomic E-state index is 0.0231. The molecule has 0 atom stereocenters. The molecule has 0 radical (unpaired) electrons. The number of nitrogens with two attached hydrogens (primary N) is 2. The van der Waals surface area contributed by atoms with Crippen LogP contribution in [0.2, 0.25) is 0 Å². The smallest absolute Gasteiger partial charge is 0.351 e. The van der Waals surface area contributed by atoms with E-state index >= 15 is 0 Å². The number of urea groups is 1. The summed E-state index contributed by atoms with van der Waals surface area (Å²) in [4.78, 5) is 38.7. The zero-order valence-electron chi connectivity index (χ0n) is 7.27. The predicted octanol–water partition coefficient (Wildman–Crippen LogP) is -0.888. The van der Waals surface area contributed by atoms with Crippen LogP contribution in [0.5, 0.6) is 0 Å². The summed E-state index contributed by atoms with van der Waals surface area (Å²) in [6.07, 6.45) is -0.260. The van der Waals surface area contributed by atoms with Crippen molar-refractivity contribution in [3.63, 3.8) is 0 Å². The van der Waals surface area contributed by atoms with Gasteiger partial charge in [0.2, 0.25) is 0 Å². The lowest BCUT2D eigenvalue weighted by molar-refractivity contribution is -0.225. The Balaban J connectivity index is 4.04. The molecule has 14 heavy (non-hydrogen) atoms. The Kier molecular flexibility index (Phi) is 4.54. The Morgan fingerprint density at radius 1 is 1.21 bits per heavy atom. The fraction of sp³-hybridized carbons (Fsp3) is 0.167. The minimum atomic E-state index is -1.26. The molecule has 8 nitrogen and oxygen atoms in total. The Morgan fingerprint density at radius 3 is 2.21 bits per heavy atom. The Hall–Kier alpha value is -2.25. The maximum absolute atomic E-state index is 10.8. The molecule has 0 bridgehead atoms. The van der Waals surface area contributed by atoms with Crippen molar-refractivity contribution >= 4 is 18.1 Å². The molecule has 8 heteroatoms. The van der Waals surface area contributed by atoms with Crippen molar-refractivity contribution in [3.05, 3.63) is 11.8 Å².